The zero-order chi connectivity index (χ0) is 13.7. The van der Waals surface area contributed by atoms with Gasteiger partial charge in [-0.2, -0.15) is 5.10 Å². The Bertz CT molecular complexity index is 373. The van der Waals surface area contributed by atoms with E-state index in [0.717, 1.165) is 18.7 Å². The minimum atomic E-state index is 0.553. The molecule has 2 unspecified atom stereocenters. The highest BCUT2D eigenvalue weighted by atomic mass is 79.9. The summed E-state index contributed by atoms with van der Waals surface area (Å²) < 4.78 is 3.18. The van der Waals surface area contributed by atoms with Crippen LogP contribution in [0.4, 0.5) is 0 Å². The summed E-state index contributed by atoms with van der Waals surface area (Å²) in [5, 5.41) is 8.07. The average Bonchev–Trinajstić information content (AvgIpc) is 2.58. The van der Waals surface area contributed by atoms with Gasteiger partial charge < -0.3 is 5.32 Å². The quantitative estimate of drug-likeness (QED) is 0.835. The summed E-state index contributed by atoms with van der Waals surface area (Å²) in [4.78, 5) is 0. The molecule has 0 saturated carbocycles. The summed E-state index contributed by atoms with van der Waals surface area (Å²) in [5.41, 5.74) is 2.39. The van der Waals surface area contributed by atoms with Crippen molar-refractivity contribution in [1.82, 2.24) is 15.1 Å². The maximum atomic E-state index is 4.47. The molecule has 18 heavy (non-hydrogen) atoms. The number of hydrogen-bond acceptors (Lipinski definition) is 2. The van der Waals surface area contributed by atoms with Crippen LogP contribution in [0.3, 0.4) is 0 Å². The first kappa shape index (κ1) is 15.7. The molecule has 0 aliphatic rings. The van der Waals surface area contributed by atoms with Crippen LogP contribution in [0.5, 0.6) is 0 Å². The molecule has 0 aliphatic carbocycles. The lowest BCUT2D eigenvalue weighted by atomic mass is 9.93. The van der Waals surface area contributed by atoms with Gasteiger partial charge in [-0.3, -0.25) is 4.68 Å². The van der Waals surface area contributed by atoms with Crippen molar-refractivity contribution in [2.75, 3.05) is 6.54 Å². The largest absolute Gasteiger partial charge is 0.314 e. The molecule has 0 bridgehead atoms. The van der Waals surface area contributed by atoms with E-state index in [2.05, 4.69) is 47.1 Å². The van der Waals surface area contributed by atoms with Crippen molar-refractivity contribution in [1.29, 1.82) is 0 Å². The molecule has 0 aliphatic heterocycles. The molecule has 1 aromatic heterocycles. The maximum absolute atomic E-state index is 4.47. The average molecular weight is 316 g/mol. The van der Waals surface area contributed by atoms with Gasteiger partial charge >= 0.3 is 0 Å². The van der Waals surface area contributed by atoms with Gasteiger partial charge in [0.25, 0.3) is 0 Å². The zero-order valence-electron chi connectivity index (χ0n) is 12.3. The van der Waals surface area contributed by atoms with Gasteiger partial charge in [-0.25, -0.2) is 0 Å². The first-order valence-electron chi connectivity index (χ1n) is 6.92. The maximum Gasteiger partial charge on any atom is 0.0738 e. The topological polar surface area (TPSA) is 29.9 Å². The van der Waals surface area contributed by atoms with Crippen molar-refractivity contribution in [3.63, 3.8) is 0 Å². The van der Waals surface area contributed by atoms with Crippen LogP contribution in [-0.4, -0.2) is 22.4 Å². The Hall–Kier alpha value is -0.350. The summed E-state index contributed by atoms with van der Waals surface area (Å²) >= 11 is 3.66. The van der Waals surface area contributed by atoms with Crippen LogP contribution in [0.2, 0.25) is 0 Å². The first-order valence-corrected chi connectivity index (χ1v) is 7.71. The summed E-state index contributed by atoms with van der Waals surface area (Å²) in [5.74, 6) is 0.655. The standard InChI is InChI=1S/C14H26BrN3/c1-6-8-16-10(3)12(7-2)9-13-14(15)11(4)17-18(13)5/h10,12,16H,6-9H2,1-5H3. The second kappa shape index (κ2) is 7.29. The SMILES string of the molecule is CCCNC(C)C(CC)Cc1c(Br)c(C)nn1C. The second-order valence-electron chi connectivity index (χ2n) is 5.08. The lowest BCUT2D eigenvalue weighted by Crippen LogP contribution is -2.35. The Morgan fingerprint density at radius 2 is 2.06 bits per heavy atom. The number of aromatic nitrogens is 2. The summed E-state index contributed by atoms with van der Waals surface area (Å²) in [6.07, 6.45) is 3.45. The highest BCUT2D eigenvalue weighted by molar-refractivity contribution is 9.10. The Labute approximate surface area is 119 Å². The normalized spacial score (nSPS) is 14.8. The Kier molecular flexibility index (Phi) is 6.36. The van der Waals surface area contributed by atoms with Gasteiger partial charge in [-0.15, -0.1) is 0 Å². The highest BCUT2D eigenvalue weighted by Crippen LogP contribution is 2.25. The fraction of sp³-hybridized carbons (Fsp3) is 0.786. The smallest absolute Gasteiger partial charge is 0.0738 e. The highest BCUT2D eigenvalue weighted by Gasteiger charge is 2.20. The van der Waals surface area contributed by atoms with E-state index in [9.17, 15) is 0 Å². The molecule has 0 aromatic carbocycles. The molecular formula is C14H26BrN3. The minimum absolute atomic E-state index is 0.553. The van der Waals surface area contributed by atoms with Crippen LogP contribution in [-0.2, 0) is 13.5 Å². The molecule has 4 heteroatoms. The third kappa shape index (κ3) is 3.82. The van der Waals surface area contributed by atoms with Gasteiger partial charge in [0.05, 0.1) is 15.9 Å². The van der Waals surface area contributed by atoms with Crippen LogP contribution in [0.15, 0.2) is 4.47 Å². The Morgan fingerprint density at radius 3 is 2.50 bits per heavy atom. The number of nitrogens with one attached hydrogen (secondary N) is 1. The van der Waals surface area contributed by atoms with Gasteiger partial charge in [0.2, 0.25) is 0 Å². The molecule has 1 rings (SSSR count). The van der Waals surface area contributed by atoms with Gasteiger partial charge in [0.15, 0.2) is 0 Å². The molecule has 0 fully saturated rings. The van der Waals surface area contributed by atoms with E-state index in [0.29, 0.717) is 12.0 Å². The van der Waals surface area contributed by atoms with Crippen molar-refractivity contribution in [2.45, 2.75) is 53.0 Å². The van der Waals surface area contributed by atoms with Crippen molar-refractivity contribution in [3.05, 3.63) is 15.9 Å². The molecule has 104 valence electrons. The van der Waals surface area contributed by atoms with Gasteiger partial charge in [-0.05, 0) is 55.1 Å². The number of halogens is 1. The fourth-order valence-corrected chi connectivity index (χ4v) is 2.86. The molecule has 0 spiro atoms. The summed E-state index contributed by atoms with van der Waals surface area (Å²) in [7, 11) is 2.03. The lowest BCUT2D eigenvalue weighted by molar-refractivity contribution is 0.355. The third-order valence-corrected chi connectivity index (χ3v) is 4.70. The third-order valence-electron chi connectivity index (χ3n) is 3.66. The molecule has 1 aromatic rings. The predicted molar refractivity (Wildman–Crippen MR) is 80.9 cm³/mol. The molecule has 2 atom stereocenters. The molecule has 0 saturated heterocycles. The summed E-state index contributed by atoms with van der Waals surface area (Å²) in [6.45, 7) is 9.92. The van der Waals surface area contributed by atoms with Gasteiger partial charge in [-0.1, -0.05) is 20.3 Å². The van der Waals surface area contributed by atoms with E-state index >= 15 is 0 Å². The van der Waals surface area contributed by atoms with Crippen LogP contribution < -0.4 is 5.32 Å². The van der Waals surface area contributed by atoms with Crippen LogP contribution in [0.25, 0.3) is 0 Å². The van der Waals surface area contributed by atoms with Crippen molar-refractivity contribution in [3.8, 4) is 0 Å². The number of rotatable bonds is 7. The monoisotopic (exact) mass is 315 g/mol. The van der Waals surface area contributed by atoms with Gasteiger partial charge in [0.1, 0.15) is 0 Å². The second-order valence-corrected chi connectivity index (χ2v) is 5.88. The fourth-order valence-electron chi connectivity index (χ4n) is 2.36. The zero-order valence-corrected chi connectivity index (χ0v) is 13.8. The number of aryl methyl sites for hydroxylation is 2. The van der Waals surface area contributed by atoms with Crippen LogP contribution in [0.1, 0.15) is 45.0 Å². The Morgan fingerprint density at radius 1 is 1.39 bits per heavy atom. The molecule has 1 heterocycles. The summed E-state index contributed by atoms with van der Waals surface area (Å²) in [6, 6.07) is 0.553. The van der Waals surface area contributed by atoms with E-state index in [1.807, 2.05) is 18.7 Å². The van der Waals surface area contributed by atoms with Gasteiger partial charge in [0, 0.05) is 13.1 Å². The van der Waals surface area contributed by atoms with Crippen molar-refractivity contribution < 1.29 is 0 Å². The van der Waals surface area contributed by atoms with E-state index in [1.54, 1.807) is 0 Å². The van der Waals surface area contributed by atoms with Crippen LogP contribution >= 0.6 is 15.9 Å². The molecule has 0 amide bonds. The van der Waals surface area contributed by atoms with E-state index in [-0.39, 0.29) is 0 Å². The van der Waals surface area contributed by atoms with Crippen LogP contribution in [0, 0.1) is 12.8 Å². The van der Waals surface area contributed by atoms with E-state index in [1.165, 1.54) is 23.0 Å². The predicted octanol–water partition coefficient (Wildman–Crippen LogP) is 3.45. The van der Waals surface area contributed by atoms with E-state index < -0.39 is 0 Å². The van der Waals surface area contributed by atoms with E-state index in [4.69, 9.17) is 0 Å². The minimum Gasteiger partial charge on any atom is -0.314 e. The lowest BCUT2D eigenvalue weighted by Gasteiger charge is -2.24. The molecule has 3 nitrogen and oxygen atoms in total. The van der Waals surface area contributed by atoms with Crippen molar-refractivity contribution >= 4 is 15.9 Å². The molecular weight excluding hydrogens is 290 g/mol. The Balaban J connectivity index is 2.73. The number of nitrogens with zero attached hydrogens (tertiary/aromatic N) is 2. The first-order chi connectivity index (χ1) is 8.51. The molecule has 1 N–H and O–H groups in total. The number of hydrogen-bond donors (Lipinski definition) is 1. The van der Waals surface area contributed by atoms with Crippen molar-refractivity contribution in [2.24, 2.45) is 13.0 Å². The molecule has 0 radical (unpaired) electrons.